The van der Waals surface area contributed by atoms with Gasteiger partial charge in [-0.1, -0.05) is 0 Å². The number of nitrogens with two attached hydrogens (primary N) is 1. The first-order chi connectivity index (χ1) is 12.9. The van der Waals surface area contributed by atoms with E-state index in [-0.39, 0.29) is 16.4 Å². The van der Waals surface area contributed by atoms with Crippen LogP contribution >= 0.6 is 0 Å². The Bertz CT molecular complexity index is 1040. The summed E-state index contributed by atoms with van der Waals surface area (Å²) in [6, 6.07) is 5.22. The van der Waals surface area contributed by atoms with Crippen LogP contribution in [0.15, 0.2) is 29.2 Å². The SMILES string of the molecule is CC(=O)c1c(C)[nH]c(C(=O)O[C@H](C)C(=O)Nc2ccc(S(N)(=O)=O)cc2)c1C. The van der Waals surface area contributed by atoms with E-state index in [4.69, 9.17) is 9.88 Å². The van der Waals surface area contributed by atoms with Crippen molar-refractivity contribution in [1.29, 1.82) is 0 Å². The molecule has 4 N–H and O–H groups in total. The van der Waals surface area contributed by atoms with Crippen molar-refractivity contribution in [3.63, 3.8) is 0 Å². The topological polar surface area (TPSA) is 148 Å². The molecule has 0 bridgehead atoms. The number of esters is 1. The lowest BCUT2D eigenvalue weighted by Crippen LogP contribution is -2.30. The normalized spacial score (nSPS) is 12.3. The fourth-order valence-corrected chi connectivity index (χ4v) is 3.24. The molecule has 0 saturated heterocycles. The van der Waals surface area contributed by atoms with Crippen LogP contribution in [0, 0.1) is 13.8 Å². The van der Waals surface area contributed by atoms with Crippen LogP contribution in [0.3, 0.4) is 0 Å². The first-order valence-electron chi connectivity index (χ1n) is 8.26. The third-order valence-electron chi connectivity index (χ3n) is 4.10. The fraction of sp³-hybridized carbons (Fsp3) is 0.278. The molecule has 2 rings (SSSR count). The van der Waals surface area contributed by atoms with Crippen LogP contribution in [0.2, 0.25) is 0 Å². The second-order valence-corrected chi connectivity index (χ2v) is 7.85. The number of Topliss-reactive ketones (excluding diaryl/α,β-unsaturated/α-hetero) is 1. The van der Waals surface area contributed by atoms with Gasteiger partial charge < -0.3 is 15.0 Å². The number of benzene rings is 1. The van der Waals surface area contributed by atoms with E-state index >= 15 is 0 Å². The van der Waals surface area contributed by atoms with E-state index in [9.17, 15) is 22.8 Å². The predicted octanol–water partition coefficient (Wildman–Crippen LogP) is 1.67. The summed E-state index contributed by atoms with van der Waals surface area (Å²) in [5.41, 5.74) is 1.84. The lowest BCUT2D eigenvalue weighted by Gasteiger charge is -2.13. The number of aromatic amines is 1. The Hall–Kier alpha value is -2.98. The van der Waals surface area contributed by atoms with Crippen molar-refractivity contribution < 1.29 is 27.5 Å². The number of rotatable bonds is 6. The molecule has 0 saturated carbocycles. The van der Waals surface area contributed by atoms with Crippen molar-refractivity contribution in [2.24, 2.45) is 5.14 Å². The van der Waals surface area contributed by atoms with Crippen molar-refractivity contribution in [3.05, 3.63) is 46.8 Å². The van der Waals surface area contributed by atoms with Gasteiger partial charge in [-0.2, -0.15) is 0 Å². The number of sulfonamides is 1. The summed E-state index contributed by atoms with van der Waals surface area (Å²) in [5.74, 6) is -1.55. The van der Waals surface area contributed by atoms with E-state index < -0.39 is 28.0 Å². The Morgan fingerprint density at radius 1 is 1.14 bits per heavy atom. The molecule has 1 heterocycles. The fourth-order valence-electron chi connectivity index (χ4n) is 2.73. The van der Waals surface area contributed by atoms with Gasteiger partial charge in [0.2, 0.25) is 10.0 Å². The van der Waals surface area contributed by atoms with Crippen LogP contribution in [0.1, 0.15) is 46.0 Å². The van der Waals surface area contributed by atoms with Crippen LogP contribution in [0.5, 0.6) is 0 Å². The second-order valence-electron chi connectivity index (χ2n) is 6.29. The molecule has 1 amide bonds. The molecule has 0 unspecified atom stereocenters. The van der Waals surface area contributed by atoms with Gasteiger partial charge in [0.1, 0.15) is 5.69 Å². The monoisotopic (exact) mass is 407 g/mol. The maximum atomic E-state index is 12.4. The van der Waals surface area contributed by atoms with Crippen molar-refractivity contribution in [3.8, 4) is 0 Å². The molecular formula is C18H21N3O6S. The van der Waals surface area contributed by atoms with Crippen LogP contribution in [0.25, 0.3) is 0 Å². The molecule has 9 nitrogen and oxygen atoms in total. The molecule has 0 fully saturated rings. The van der Waals surface area contributed by atoms with Crippen molar-refractivity contribution in [2.75, 3.05) is 5.32 Å². The van der Waals surface area contributed by atoms with E-state index in [1.165, 1.54) is 38.1 Å². The van der Waals surface area contributed by atoms with Crippen LogP contribution in [0.4, 0.5) is 5.69 Å². The number of aromatic nitrogens is 1. The van der Waals surface area contributed by atoms with Crippen LogP contribution in [-0.4, -0.2) is 37.2 Å². The standard InChI is InChI=1S/C18H21N3O6S/c1-9-15(11(3)22)10(2)20-16(9)18(24)27-12(4)17(23)21-13-5-7-14(8-6-13)28(19,25)26/h5-8,12,20H,1-4H3,(H,21,23)(H2,19,25,26)/t12-/m1/s1. The summed E-state index contributed by atoms with van der Waals surface area (Å²) in [4.78, 5) is 39.0. The Kier molecular flexibility index (Phi) is 6.05. The maximum absolute atomic E-state index is 12.4. The van der Waals surface area contributed by atoms with Crippen LogP contribution < -0.4 is 10.5 Å². The summed E-state index contributed by atoms with van der Waals surface area (Å²) in [6.45, 7) is 6.08. The number of anilines is 1. The van der Waals surface area contributed by atoms with Gasteiger partial charge in [0.15, 0.2) is 11.9 Å². The van der Waals surface area contributed by atoms with Crippen molar-refractivity contribution in [2.45, 2.75) is 38.7 Å². The number of aryl methyl sites for hydroxylation is 1. The summed E-state index contributed by atoms with van der Waals surface area (Å²) < 4.78 is 27.6. The zero-order valence-electron chi connectivity index (χ0n) is 15.8. The number of primary sulfonamides is 1. The number of hydrogen-bond donors (Lipinski definition) is 3. The molecule has 10 heteroatoms. The van der Waals surface area contributed by atoms with E-state index in [1.807, 2.05) is 0 Å². The Morgan fingerprint density at radius 3 is 2.18 bits per heavy atom. The molecule has 0 aliphatic rings. The Balaban J connectivity index is 2.07. The van der Waals surface area contributed by atoms with E-state index in [0.717, 1.165) is 0 Å². The number of carbonyl (C=O) groups is 3. The largest absolute Gasteiger partial charge is 0.448 e. The molecule has 1 aromatic heterocycles. The van der Waals surface area contributed by atoms with Gasteiger partial charge >= 0.3 is 5.97 Å². The van der Waals surface area contributed by atoms with Gasteiger partial charge in [-0.25, -0.2) is 18.4 Å². The summed E-state index contributed by atoms with van der Waals surface area (Å²) in [5, 5.41) is 7.52. The number of H-pyrrole nitrogens is 1. The number of ether oxygens (including phenoxy) is 1. The minimum Gasteiger partial charge on any atom is -0.448 e. The quantitative estimate of drug-likeness (QED) is 0.490. The highest BCUT2D eigenvalue weighted by atomic mass is 32.2. The van der Waals surface area contributed by atoms with Gasteiger partial charge in [-0.3, -0.25) is 9.59 Å². The first kappa shape index (κ1) is 21.3. The number of nitrogens with one attached hydrogen (secondary N) is 2. The first-order valence-corrected chi connectivity index (χ1v) is 9.81. The lowest BCUT2D eigenvalue weighted by molar-refractivity contribution is -0.123. The minimum atomic E-state index is -3.83. The Labute approximate surface area is 162 Å². The van der Waals surface area contributed by atoms with Gasteiger partial charge in [0, 0.05) is 16.9 Å². The molecule has 1 atom stereocenters. The number of ketones is 1. The molecule has 0 spiro atoms. The highest BCUT2D eigenvalue weighted by Gasteiger charge is 2.24. The predicted molar refractivity (Wildman–Crippen MR) is 102 cm³/mol. The van der Waals surface area contributed by atoms with Gasteiger partial charge in [0.05, 0.1) is 4.90 Å². The molecule has 0 aliphatic carbocycles. The van der Waals surface area contributed by atoms with Gasteiger partial charge in [-0.15, -0.1) is 0 Å². The maximum Gasteiger partial charge on any atom is 0.355 e. The van der Waals surface area contributed by atoms with E-state index in [0.29, 0.717) is 22.5 Å². The van der Waals surface area contributed by atoms with Gasteiger partial charge in [0.25, 0.3) is 5.91 Å². The second kappa shape index (κ2) is 7.95. The van der Waals surface area contributed by atoms with Crippen molar-refractivity contribution in [1.82, 2.24) is 4.98 Å². The highest BCUT2D eigenvalue weighted by Crippen LogP contribution is 2.20. The molecule has 1 aromatic carbocycles. The van der Waals surface area contributed by atoms with Crippen LogP contribution in [-0.2, 0) is 19.6 Å². The molecule has 2 aromatic rings. The molecule has 28 heavy (non-hydrogen) atoms. The van der Waals surface area contributed by atoms with Gasteiger partial charge in [-0.05, 0) is 57.5 Å². The summed E-state index contributed by atoms with van der Waals surface area (Å²) in [7, 11) is -3.83. The zero-order chi connectivity index (χ0) is 21.2. The molecule has 150 valence electrons. The summed E-state index contributed by atoms with van der Waals surface area (Å²) in [6.07, 6.45) is -1.13. The van der Waals surface area contributed by atoms with E-state index in [1.54, 1.807) is 13.8 Å². The summed E-state index contributed by atoms with van der Waals surface area (Å²) >= 11 is 0. The van der Waals surface area contributed by atoms with E-state index in [2.05, 4.69) is 10.3 Å². The smallest absolute Gasteiger partial charge is 0.355 e. The zero-order valence-corrected chi connectivity index (χ0v) is 16.6. The Morgan fingerprint density at radius 2 is 1.71 bits per heavy atom. The highest BCUT2D eigenvalue weighted by molar-refractivity contribution is 7.89. The lowest BCUT2D eigenvalue weighted by atomic mass is 10.1. The average Bonchev–Trinajstić information content (AvgIpc) is 2.89. The number of amides is 1. The molecule has 0 radical (unpaired) electrons. The van der Waals surface area contributed by atoms with Crippen molar-refractivity contribution >= 4 is 33.4 Å². The molecular weight excluding hydrogens is 386 g/mol. The number of hydrogen-bond acceptors (Lipinski definition) is 6. The number of carbonyl (C=O) groups excluding carboxylic acids is 3. The molecule has 0 aliphatic heterocycles. The minimum absolute atomic E-state index is 0.0937. The third kappa shape index (κ3) is 4.65. The third-order valence-corrected chi connectivity index (χ3v) is 5.03. The average molecular weight is 407 g/mol.